The highest BCUT2D eigenvalue weighted by atomic mass is 16.6. The van der Waals surface area contributed by atoms with Gasteiger partial charge in [-0.2, -0.15) is 0 Å². The van der Waals surface area contributed by atoms with Crippen LogP contribution in [0, 0.1) is 0 Å². The van der Waals surface area contributed by atoms with Crippen molar-refractivity contribution in [3.8, 4) is 17.2 Å². The number of carboxylic acids is 1. The van der Waals surface area contributed by atoms with E-state index >= 15 is 0 Å². The first-order valence-corrected chi connectivity index (χ1v) is 9.58. The van der Waals surface area contributed by atoms with Crippen LogP contribution < -0.4 is 14.2 Å². The van der Waals surface area contributed by atoms with Crippen LogP contribution in [0.4, 0.5) is 0 Å². The van der Waals surface area contributed by atoms with E-state index in [-0.39, 0.29) is 13.2 Å². The summed E-state index contributed by atoms with van der Waals surface area (Å²) in [5.74, 6) is 0.827. The summed E-state index contributed by atoms with van der Waals surface area (Å²) in [4.78, 5) is 15.5. The molecule has 0 spiro atoms. The lowest BCUT2D eigenvalue weighted by atomic mass is 10.1. The average Bonchev–Trinajstić information content (AvgIpc) is 2.81. The van der Waals surface area contributed by atoms with Crippen LogP contribution in [0.2, 0.25) is 0 Å². The molecular weight excluding hydrogens is 398 g/mol. The van der Waals surface area contributed by atoms with Gasteiger partial charge in [0.05, 0.1) is 0 Å². The van der Waals surface area contributed by atoms with Crippen molar-refractivity contribution in [2.24, 2.45) is 5.16 Å². The van der Waals surface area contributed by atoms with Gasteiger partial charge in [0.25, 0.3) is 0 Å². The van der Waals surface area contributed by atoms with E-state index in [1.807, 2.05) is 54.6 Å². The molecule has 3 aromatic carbocycles. The van der Waals surface area contributed by atoms with Crippen LogP contribution in [0.15, 0.2) is 84.0 Å². The molecule has 160 valence electrons. The molecule has 0 radical (unpaired) electrons. The monoisotopic (exact) mass is 421 g/mol. The summed E-state index contributed by atoms with van der Waals surface area (Å²) in [7, 11) is 1.51. The summed E-state index contributed by atoms with van der Waals surface area (Å²) in [6.45, 7) is 0.290. The first kappa shape index (κ1) is 21.7. The molecule has 0 unspecified atom stereocenters. The Bertz CT molecular complexity index is 985. The number of hydrogen-bond donors (Lipinski definition) is 1. The van der Waals surface area contributed by atoms with Crippen LogP contribution in [-0.2, 0) is 16.2 Å². The van der Waals surface area contributed by atoms with E-state index in [9.17, 15) is 4.79 Å². The Labute approximate surface area is 180 Å². The first-order valence-electron chi connectivity index (χ1n) is 9.58. The van der Waals surface area contributed by atoms with Gasteiger partial charge in [-0.15, -0.1) is 0 Å². The third-order valence-electron chi connectivity index (χ3n) is 4.20. The lowest BCUT2D eigenvalue weighted by Gasteiger charge is -2.10. The van der Waals surface area contributed by atoms with Gasteiger partial charge < -0.3 is 24.2 Å². The summed E-state index contributed by atoms with van der Waals surface area (Å²) in [6, 6.07) is 24.1. The third kappa shape index (κ3) is 7.08. The van der Waals surface area contributed by atoms with Crippen LogP contribution in [0.5, 0.6) is 17.2 Å². The Morgan fingerprint density at radius 2 is 1.32 bits per heavy atom. The molecule has 0 bridgehead atoms. The van der Waals surface area contributed by atoms with E-state index in [0.29, 0.717) is 29.6 Å². The van der Waals surface area contributed by atoms with E-state index in [1.54, 1.807) is 24.3 Å². The van der Waals surface area contributed by atoms with Gasteiger partial charge in [-0.05, 0) is 42.0 Å². The van der Waals surface area contributed by atoms with E-state index in [4.69, 9.17) is 24.2 Å². The quantitative estimate of drug-likeness (QED) is 0.370. The number of ether oxygens (including phenoxy) is 3. The fraction of sp³-hybridized carbons (Fsp3) is 0.167. The molecule has 0 amide bonds. The molecule has 0 saturated heterocycles. The van der Waals surface area contributed by atoms with Crippen molar-refractivity contribution in [3.05, 3.63) is 90.0 Å². The highest BCUT2D eigenvalue weighted by Gasteiger charge is 2.06. The molecule has 3 rings (SSSR count). The molecule has 0 heterocycles. The minimum absolute atomic E-state index is 0.282. The normalized spacial score (nSPS) is 10.9. The lowest BCUT2D eigenvalue weighted by Crippen LogP contribution is -2.13. The van der Waals surface area contributed by atoms with Crippen molar-refractivity contribution < 1.29 is 28.9 Å². The zero-order valence-electron chi connectivity index (χ0n) is 17.1. The van der Waals surface area contributed by atoms with Gasteiger partial charge in [0.15, 0.2) is 6.61 Å². The Morgan fingerprint density at radius 1 is 0.774 bits per heavy atom. The number of hydrogen-bond acceptors (Lipinski definition) is 6. The highest BCUT2D eigenvalue weighted by molar-refractivity contribution is 6.01. The SMILES string of the molecule is CO/N=C(/COc1ccc(COc2ccc(OCC(=O)O)cc2)cc1)c1ccccc1. The number of oxime groups is 1. The van der Waals surface area contributed by atoms with Gasteiger partial charge >= 0.3 is 5.97 Å². The second-order valence-electron chi connectivity index (χ2n) is 6.46. The predicted molar refractivity (Wildman–Crippen MR) is 116 cm³/mol. The number of carboxylic acid groups (broad SMARTS) is 1. The Morgan fingerprint density at radius 3 is 1.90 bits per heavy atom. The molecule has 0 aliphatic carbocycles. The number of benzene rings is 3. The molecule has 7 nitrogen and oxygen atoms in total. The maximum atomic E-state index is 10.5. The number of nitrogens with zero attached hydrogens (tertiary/aromatic N) is 1. The van der Waals surface area contributed by atoms with Crippen molar-refractivity contribution in [1.82, 2.24) is 0 Å². The van der Waals surface area contributed by atoms with Crippen molar-refractivity contribution in [1.29, 1.82) is 0 Å². The lowest BCUT2D eigenvalue weighted by molar-refractivity contribution is -0.139. The summed E-state index contributed by atoms with van der Waals surface area (Å²) in [5, 5.41) is 12.7. The van der Waals surface area contributed by atoms with Crippen molar-refractivity contribution in [3.63, 3.8) is 0 Å². The molecular formula is C24H23NO6. The van der Waals surface area contributed by atoms with E-state index in [1.165, 1.54) is 7.11 Å². The second kappa shape index (κ2) is 11.3. The molecule has 0 aromatic heterocycles. The van der Waals surface area contributed by atoms with Gasteiger partial charge in [-0.3, -0.25) is 0 Å². The fourth-order valence-electron chi connectivity index (χ4n) is 2.68. The molecule has 3 aromatic rings. The van der Waals surface area contributed by atoms with Crippen molar-refractivity contribution in [2.45, 2.75) is 6.61 Å². The molecule has 1 N–H and O–H groups in total. The maximum Gasteiger partial charge on any atom is 0.341 e. The van der Waals surface area contributed by atoms with Crippen LogP contribution in [-0.4, -0.2) is 37.1 Å². The van der Waals surface area contributed by atoms with Crippen molar-refractivity contribution >= 4 is 11.7 Å². The van der Waals surface area contributed by atoms with E-state index in [0.717, 1.165) is 11.1 Å². The number of aliphatic carboxylic acids is 1. The molecule has 7 heteroatoms. The van der Waals surface area contributed by atoms with Gasteiger partial charge in [0, 0.05) is 5.56 Å². The standard InChI is InChI=1S/C24H23NO6/c1-28-25-23(19-5-3-2-4-6-19)16-30-20-9-7-18(8-10-20)15-29-21-11-13-22(14-12-21)31-17-24(26)27/h2-14H,15-17H2,1H3,(H,26,27)/b25-23-. The van der Waals surface area contributed by atoms with Gasteiger partial charge in [-0.1, -0.05) is 47.6 Å². The topological polar surface area (TPSA) is 86.6 Å². The van der Waals surface area contributed by atoms with E-state index in [2.05, 4.69) is 5.16 Å². The Hall–Kier alpha value is -4.00. The molecule has 0 aliphatic heterocycles. The van der Waals surface area contributed by atoms with Crippen molar-refractivity contribution in [2.75, 3.05) is 20.3 Å². The van der Waals surface area contributed by atoms with Gasteiger partial charge in [0.1, 0.15) is 43.3 Å². The summed E-state index contributed by atoms with van der Waals surface area (Å²) < 4.78 is 16.7. The molecule has 0 saturated carbocycles. The summed E-state index contributed by atoms with van der Waals surface area (Å²) >= 11 is 0. The number of rotatable bonds is 11. The second-order valence-corrected chi connectivity index (χ2v) is 6.46. The molecule has 0 atom stereocenters. The first-order chi connectivity index (χ1) is 15.1. The van der Waals surface area contributed by atoms with E-state index < -0.39 is 5.97 Å². The van der Waals surface area contributed by atoms with Crippen LogP contribution in [0.1, 0.15) is 11.1 Å². The largest absolute Gasteiger partial charge is 0.489 e. The minimum atomic E-state index is -1.02. The summed E-state index contributed by atoms with van der Waals surface area (Å²) in [6.07, 6.45) is 0. The zero-order chi connectivity index (χ0) is 21.9. The van der Waals surface area contributed by atoms with Crippen LogP contribution in [0.25, 0.3) is 0 Å². The molecule has 31 heavy (non-hydrogen) atoms. The smallest absolute Gasteiger partial charge is 0.341 e. The van der Waals surface area contributed by atoms with Gasteiger partial charge in [-0.25, -0.2) is 4.79 Å². The highest BCUT2D eigenvalue weighted by Crippen LogP contribution is 2.20. The fourth-order valence-corrected chi connectivity index (χ4v) is 2.68. The van der Waals surface area contributed by atoms with Crippen LogP contribution >= 0.6 is 0 Å². The third-order valence-corrected chi connectivity index (χ3v) is 4.20. The zero-order valence-corrected chi connectivity index (χ0v) is 17.1. The number of carbonyl (C=O) groups is 1. The minimum Gasteiger partial charge on any atom is -0.489 e. The molecule has 0 aliphatic rings. The maximum absolute atomic E-state index is 10.5. The Kier molecular flexibility index (Phi) is 7.88. The molecule has 0 fully saturated rings. The van der Waals surface area contributed by atoms with Crippen LogP contribution in [0.3, 0.4) is 0 Å². The summed E-state index contributed by atoms with van der Waals surface area (Å²) in [5.41, 5.74) is 2.62. The predicted octanol–water partition coefficient (Wildman–Crippen LogP) is 4.16. The average molecular weight is 421 g/mol. The van der Waals surface area contributed by atoms with Gasteiger partial charge in [0.2, 0.25) is 0 Å². The Balaban J connectivity index is 1.50.